The Morgan fingerprint density at radius 1 is 1.05 bits per heavy atom. The van der Waals surface area contributed by atoms with Gasteiger partial charge in [0.15, 0.2) is 19.5 Å². The summed E-state index contributed by atoms with van der Waals surface area (Å²) in [5.74, 6) is 1.96. The van der Waals surface area contributed by atoms with Crippen LogP contribution in [0.15, 0.2) is 83.7 Å². The second kappa shape index (κ2) is 10.6. The molecule has 0 saturated carbocycles. The first-order chi connectivity index (χ1) is 18.9. The molecule has 3 heterocycles. The minimum atomic E-state index is -2.24. The van der Waals surface area contributed by atoms with E-state index in [1.54, 1.807) is 25.1 Å². The van der Waals surface area contributed by atoms with Crippen molar-refractivity contribution in [3.8, 4) is 11.5 Å². The monoisotopic (exact) mass is 582 g/mol. The van der Waals surface area contributed by atoms with Crippen LogP contribution in [0.5, 0.6) is 11.5 Å². The molecule has 0 unspecified atom stereocenters. The number of ether oxygens (including phenoxy) is 4. The summed E-state index contributed by atoms with van der Waals surface area (Å²) in [6.07, 6.45) is 6.24. The van der Waals surface area contributed by atoms with Gasteiger partial charge in [0.05, 0.1) is 36.9 Å². The van der Waals surface area contributed by atoms with Gasteiger partial charge in [0.1, 0.15) is 17.3 Å². The Hall–Kier alpha value is -2.23. The first-order valence-corrected chi connectivity index (χ1v) is 17.7. The maximum atomic E-state index is 13.1. The molecule has 1 N–H and O–H groups in total. The van der Waals surface area contributed by atoms with Crippen LogP contribution >= 0.6 is 11.8 Å². The summed E-state index contributed by atoms with van der Waals surface area (Å²) >= 11 is 1.64. The highest BCUT2D eigenvalue weighted by Crippen LogP contribution is 2.66. The van der Waals surface area contributed by atoms with Crippen molar-refractivity contribution >= 4 is 20.1 Å². The van der Waals surface area contributed by atoms with Gasteiger partial charge in [-0.1, -0.05) is 39.0 Å². The van der Waals surface area contributed by atoms with Crippen LogP contribution in [0.2, 0.25) is 18.1 Å². The third-order valence-corrected chi connectivity index (χ3v) is 15.1. The lowest BCUT2D eigenvalue weighted by molar-refractivity contribution is -0.127. The summed E-state index contributed by atoms with van der Waals surface area (Å²) in [7, 11) is -0.602. The van der Waals surface area contributed by atoms with E-state index in [2.05, 4.69) is 52.9 Å². The molecule has 0 aromatic heterocycles. The van der Waals surface area contributed by atoms with Gasteiger partial charge in [-0.2, -0.15) is 0 Å². The predicted octanol–water partition coefficient (Wildman–Crippen LogP) is 7.11. The third kappa shape index (κ3) is 4.71. The van der Waals surface area contributed by atoms with Crippen LogP contribution in [-0.4, -0.2) is 55.3 Å². The molecule has 0 spiro atoms. The van der Waals surface area contributed by atoms with Crippen molar-refractivity contribution in [3.63, 3.8) is 0 Å². The largest absolute Gasteiger partial charge is 0.497 e. The molecule has 2 bridgehead atoms. The molecule has 0 radical (unpaired) electrons. The van der Waals surface area contributed by atoms with Gasteiger partial charge in [-0.25, -0.2) is 0 Å². The molecule has 40 heavy (non-hydrogen) atoms. The lowest BCUT2D eigenvalue weighted by Gasteiger charge is -2.53. The Kier molecular flexibility index (Phi) is 7.72. The number of benzene rings is 2. The molecule has 2 aromatic rings. The Morgan fingerprint density at radius 3 is 2.33 bits per heavy atom. The van der Waals surface area contributed by atoms with E-state index in [-0.39, 0.29) is 17.2 Å². The molecule has 3 aliphatic rings. The predicted molar refractivity (Wildman–Crippen MR) is 161 cm³/mol. The molecule has 6 nitrogen and oxygen atoms in total. The smallest absolute Gasteiger partial charge is 0.192 e. The number of aliphatic hydroxyl groups is 1. The van der Waals surface area contributed by atoms with E-state index in [1.165, 1.54) is 0 Å². The fraction of sp³-hybridized carbons (Fsp3) is 0.500. The highest BCUT2D eigenvalue weighted by atomic mass is 32.2. The first-order valence-electron chi connectivity index (χ1n) is 14.0. The van der Waals surface area contributed by atoms with Gasteiger partial charge in [-0.15, -0.1) is 11.8 Å². The summed E-state index contributed by atoms with van der Waals surface area (Å²) in [6.45, 7) is 13.8. The molecule has 5 atom stereocenters. The number of rotatable bonds is 9. The van der Waals surface area contributed by atoms with Crippen LogP contribution < -0.4 is 9.47 Å². The highest BCUT2D eigenvalue weighted by molar-refractivity contribution is 8.00. The Morgan fingerprint density at radius 2 is 1.73 bits per heavy atom. The molecular weight excluding hydrogens is 540 g/mol. The lowest BCUT2D eigenvalue weighted by atomic mass is 9.65. The zero-order chi connectivity index (χ0) is 28.8. The topological polar surface area (TPSA) is 66.4 Å². The van der Waals surface area contributed by atoms with Crippen LogP contribution in [0, 0.1) is 0 Å². The van der Waals surface area contributed by atoms with Gasteiger partial charge in [0, 0.05) is 17.7 Å². The average molecular weight is 583 g/mol. The van der Waals surface area contributed by atoms with Gasteiger partial charge >= 0.3 is 0 Å². The van der Waals surface area contributed by atoms with Crippen molar-refractivity contribution in [1.29, 1.82) is 0 Å². The van der Waals surface area contributed by atoms with Gasteiger partial charge < -0.3 is 28.5 Å². The number of hydrogen-bond acceptors (Lipinski definition) is 7. The summed E-state index contributed by atoms with van der Waals surface area (Å²) < 4.78 is 30.8. The maximum absolute atomic E-state index is 13.1. The van der Waals surface area contributed by atoms with Crippen LogP contribution in [0.4, 0.5) is 0 Å². The molecule has 5 rings (SSSR count). The maximum Gasteiger partial charge on any atom is 0.192 e. The normalized spacial score (nSPS) is 31.9. The summed E-state index contributed by atoms with van der Waals surface area (Å²) in [5.41, 5.74) is -2.72. The van der Waals surface area contributed by atoms with Crippen LogP contribution in [0.1, 0.15) is 40.5 Å². The molecule has 2 fully saturated rings. The second-order valence-corrected chi connectivity index (χ2v) is 18.8. The van der Waals surface area contributed by atoms with E-state index in [4.69, 9.17) is 23.4 Å². The number of thioether (sulfide) groups is 1. The minimum Gasteiger partial charge on any atom is -0.497 e. The van der Waals surface area contributed by atoms with Crippen molar-refractivity contribution < 1.29 is 28.5 Å². The van der Waals surface area contributed by atoms with Crippen LogP contribution in [0.3, 0.4) is 0 Å². The van der Waals surface area contributed by atoms with Crippen molar-refractivity contribution in [1.82, 2.24) is 0 Å². The van der Waals surface area contributed by atoms with E-state index in [0.29, 0.717) is 24.5 Å². The molecule has 3 aliphatic heterocycles. The van der Waals surface area contributed by atoms with E-state index in [9.17, 15) is 5.11 Å². The zero-order valence-electron chi connectivity index (χ0n) is 24.6. The van der Waals surface area contributed by atoms with Gasteiger partial charge in [0.2, 0.25) is 0 Å². The lowest BCUT2D eigenvalue weighted by Crippen LogP contribution is -2.70. The molecule has 0 amide bonds. The molecule has 2 aromatic carbocycles. The van der Waals surface area contributed by atoms with Crippen molar-refractivity contribution in [3.05, 3.63) is 78.8 Å². The van der Waals surface area contributed by atoms with E-state index >= 15 is 0 Å². The van der Waals surface area contributed by atoms with E-state index in [0.717, 1.165) is 17.1 Å². The van der Waals surface area contributed by atoms with Crippen LogP contribution in [-0.2, 0) is 13.9 Å². The highest BCUT2D eigenvalue weighted by Gasteiger charge is 2.80. The van der Waals surface area contributed by atoms with Crippen molar-refractivity contribution in [2.45, 2.75) is 91.7 Å². The standard InChI is InChI=1S/C32H42O6SSi/c1-29(2,3)40(6,7)38-28-22-27-30(4,39-25-12-9-8-10-13-25)32(33,26-14-11-20-36-26)31(28,37-27)19-21-35-24-17-15-23(34-5)16-18-24/h8-10,12-19,21,27-28,33H,11,20,22H2,1-7H3/b21-19-/t27-,28-,30-,31+,32+/m0/s1. The Bertz CT molecular complexity index is 1260. The third-order valence-electron chi connectivity index (χ3n) is 9.10. The Labute approximate surface area is 243 Å². The van der Waals surface area contributed by atoms with E-state index in [1.807, 2.05) is 54.6 Å². The van der Waals surface area contributed by atoms with Crippen molar-refractivity contribution in [2.75, 3.05) is 13.7 Å². The van der Waals surface area contributed by atoms with Gasteiger partial charge in [-0.3, -0.25) is 0 Å². The molecular formula is C32H42O6SSi. The molecule has 0 aliphatic carbocycles. The quantitative estimate of drug-likeness (QED) is 0.250. The van der Waals surface area contributed by atoms with E-state index < -0.39 is 24.3 Å². The molecule has 2 saturated heterocycles. The summed E-state index contributed by atoms with van der Waals surface area (Å²) in [6, 6.07) is 17.6. The molecule has 216 valence electrons. The second-order valence-electron chi connectivity index (χ2n) is 12.5. The van der Waals surface area contributed by atoms with Crippen LogP contribution in [0.25, 0.3) is 0 Å². The number of methoxy groups -OCH3 is 1. The summed E-state index contributed by atoms with van der Waals surface area (Å²) in [5, 5.41) is 13.1. The van der Waals surface area contributed by atoms with Gasteiger partial charge in [0.25, 0.3) is 0 Å². The fourth-order valence-corrected chi connectivity index (χ4v) is 8.59. The molecule has 8 heteroatoms. The average Bonchev–Trinajstić information content (AvgIpc) is 3.61. The zero-order valence-corrected chi connectivity index (χ0v) is 26.4. The fourth-order valence-electron chi connectivity index (χ4n) is 5.79. The number of hydrogen-bond donors (Lipinski definition) is 1. The SMILES string of the molecule is COc1ccc(O/C=C\[C@@]23O[C@@H](C[C@@H]2O[Si](C)(C)C(C)(C)C)[C@](C)(Sc2ccccc2)[C@]3(O)C2=CCCO2)cc1. The minimum absolute atomic E-state index is 0.0112. The Balaban J connectivity index is 1.59. The first kappa shape index (κ1) is 29.3. The van der Waals surface area contributed by atoms with Crippen molar-refractivity contribution in [2.24, 2.45) is 0 Å². The summed E-state index contributed by atoms with van der Waals surface area (Å²) in [4.78, 5) is 1.06. The number of fused-ring (bicyclic) bond motifs is 2. The van der Waals surface area contributed by atoms with Gasteiger partial charge in [-0.05, 0) is 73.6 Å².